The van der Waals surface area contributed by atoms with Crippen molar-refractivity contribution in [2.75, 3.05) is 5.73 Å². The molecule has 0 aromatic carbocycles. The van der Waals surface area contributed by atoms with Crippen LogP contribution in [0.3, 0.4) is 0 Å². The van der Waals surface area contributed by atoms with Gasteiger partial charge in [0.1, 0.15) is 0 Å². The summed E-state index contributed by atoms with van der Waals surface area (Å²) in [6.45, 7) is 0. The Labute approximate surface area is 89.0 Å². The molecule has 12 heavy (non-hydrogen) atoms. The van der Waals surface area contributed by atoms with Crippen molar-refractivity contribution in [3.63, 3.8) is 0 Å². The molecule has 2 rings (SSSR count). The van der Waals surface area contributed by atoms with E-state index in [0.717, 1.165) is 5.69 Å². The Morgan fingerprint density at radius 2 is 1.33 bits per heavy atom. The molecule has 2 heteroatoms. The third-order valence-corrected chi connectivity index (χ3v) is 1.75. The van der Waals surface area contributed by atoms with Crippen molar-refractivity contribution in [2.45, 2.75) is 0 Å². The van der Waals surface area contributed by atoms with Gasteiger partial charge < -0.3 is 5.73 Å². The lowest BCUT2D eigenvalue weighted by atomic mass is 10.2. The summed E-state index contributed by atoms with van der Waals surface area (Å²) in [5.41, 5.74) is 8.87. The van der Waals surface area contributed by atoms with Gasteiger partial charge in [0.25, 0.3) is 0 Å². The van der Waals surface area contributed by atoms with Crippen molar-refractivity contribution in [3.8, 4) is 11.1 Å². The minimum Gasteiger partial charge on any atom is -0.399 e. The maximum absolute atomic E-state index is 5.63. The van der Waals surface area contributed by atoms with Crippen LogP contribution in [0, 0.1) is 0 Å². The summed E-state index contributed by atoms with van der Waals surface area (Å²) in [5, 5.41) is 0. The number of anilines is 1. The van der Waals surface area contributed by atoms with Crippen molar-refractivity contribution >= 4 is 29.7 Å². The van der Waals surface area contributed by atoms with Crippen LogP contribution in [0.15, 0.2) is 42.5 Å². The van der Waals surface area contributed by atoms with Crippen LogP contribution < -0.4 is 5.73 Å². The molecule has 0 unspecified atom stereocenters. The Morgan fingerprint density at radius 1 is 0.833 bits per heavy atom. The van der Waals surface area contributed by atoms with Crippen LogP contribution in [-0.4, -0.2) is 0 Å². The second kappa shape index (κ2) is 3.76. The highest BCUT2D eigenvalue weighted by atomic mass is 127. The number of hydrogen-bond donors (Lipinski definition) is 1. The van der Waals surface area contributed by atoms with Crippen LogP contribution >= 0.6 is 24.0 Å². The number of rotatable bonds is 0. The van der Waals surface area contributed by atoms with E-state index in [2.05, 4.69) is 12.1 Å². The normalized spacial score (nSPS) is 9.33. The third-order valence-electron chi connectivity index (χ3n) is 1.75. The van der Waals surface area contributed by atoms with E-state index in [1.54, 1.807) is 0 Å². The molecule has 0 spiro atoms. The van der Waals surface area contributed by atoms with E-state index in [1.165, 1.54) is 11.1 Å². The molecule has 62 valence electrons. The Morgan fingerprint density at radius 3 is 1.83 bits per heavy atom. The molecule has 0 saturated carbocycles. The largest absolute Gasteiger partial charge is 0.399 e. The van der Waals surface area contributed by atoms with Crippen LogP contribution in [0.4, 0.5) is 5.69 Å². The van der Waals surface area contributed by atoms with Crippen LogP contribution in [0.5, 0.6) is 0 Å². The van der Waals surface area contributed by atoms with E-state index in [-0.39, 0.29) is 24.0 Å². The Hall–Kier alpha value is -0.770. The molecule has 2 N–H and O–H groups in total. The second-order valence-electron chi connectivity index (χ2n) is 2.61. The van der Waals surface area contributed by atoms with Gasteiger partial charge in [-0.2, -0.15) is 0 Å². The molecule has 0 amide bonds. The smallest absolute Gasteiger partial charge is 0.0326 e. The molecule has 0 bridgehead atoms. The van der Waals surface area contributed by atoms with Gasteiger partial charge in [-0.05, 0) is 23.3 Å². The van der Waals surface area contributed by atoms with Gasteiger partial charge in [-0.1, -0.05) is 30.3 Å². The predicted octanol–water partition coefficient (Wildman–Crippen LogP) is 2.99. The highest BCUT2D eigenvalue weighted by molar-refractivity contribution is 14.0. The first-order chi connectivity index (χ1) is 5.36. The number of fused-ring (bicyclic) bond motifs is 1. The van der Waals surface area contributed by atoms with Gasteiger partial charge in [-0.3, -0.25) is 0 Å². The van der Waals surface area contributed by atoms with Gasteiger partial charge in [-0.25, -0.2) is 0 Å². The summed E-state index contributed by atoms with van der Waals surface area (Å²) >= 11 is 0. The molecule has 0 aliphatic heterocycles. The average Bonchev–Trinajstić information content (AvgIpc) is 2.17. The van der Waals surface area contributed by atoms with Gasteiger partial charge in [-0.15, -0.1) is 24.0 Å². The molecule has 0 aromatic rings. The zero-order chi connectivity index (χ0) is 7.68. The number of halogens is 1. The fourth-order valence-electron chi connectivity index (χ4n) is 1.24. The first kappa shape index (κ1) is 9.32. The minimum absolute atomic E-state index is 0. The molecule has 0 atom stereocenters. The average molecular weight is 271 g/mol. The van der Waals surface area contributed by atoms with Crippen LogP contribution in [-0.2, 0) is 0 Å². The minimum atomic E-state index is 0. The van der Waals surface area contributed by atoms with Crippen molar-refractivity contribution in [1.29, 1.82) is 0 Å². The Balaban J connectivity index is 0.000000720. The highest BCUT2D eigenvalue weighted by Crippen LogP contribution is 2.25. The summed E-state index contributed by atoms with van der Waals surface area (Å²) in [6, 6.07) is 14.1. The fraction of sp³-hybridized carbons (Fsp3) is 0. The number of nitrogens with two attached hydrogens (primary N) is 1. The molecule has 0 fully saturated rings. The van der Waals surface area contributed by atoms with Crippen LogP contribution in [0.2, 0.25) is 0 Å². The van der Waals surface area contributed by atoms with Gasteiger partial charge in [0, 0.05) is 5.69 Å². The van der Waals surface area contributed by atoms with Gasteiger partial charge in [0.15, 0.2) is 0 Å². The van der Waals surface area contributed by atoms with Crippen molar-refractivity contribution < 1.29 is 0 Å². The van der Waals surface area contributed by atoms with Gasteiger partial charge >= 0.3 is 0 Å². The predicted molar refractivity (Wildman–Crippen MR) is 62.9 cm³/mol. The van der Waals surface area contributed by atoms with Crippen molar-refractivity contribution in [3.05, 3.63) is 42.5 Å². The van der Waals surface area contributed by atoms with Crippen molar-refractivity contribution in [2.24, 2.45) is 0 Å². The third kappa shape index (κ3) is 1.69. The van der Waals surface area contributed by atoms with E-state index in [4.69, 9.17) is 5.73 Å². The zero-order valence-electron chi connectivity index (χ0n) is 6.53. The van der Waals surface area contributed by atoms with Crippen LogP contribution in [0.1, 0.15) is 0 Å². The molecule has 0 saturated heterocycles. The molecule has 1 nitrogen and oxygen atoms in total. The lowest BCUT2D eigenvalue weighted by molar-refractivity contribution is 1.84. The number of nitrogen functional groups attached to an aromatic ring is 1. The van der Waals surface area contributed by atoms with E-state index in [9.17, 15) is 0 Å². The summed E-state index contributed by atoms with van der Waals surface area (Å²) in [7, 11) is 0. The maximum atomic E-state index is 5.63. The van der Waals surface area contributed by atoms with E-state index < -0.39 is 0 Å². The van der Waals surface area contributed by atoms with Crippen molar-refractivity contribution in [1.82, 2.24) is 0 Å². The van der Waals surface area contributed by atoms with E-state index in [0.29, 0.717) is 0 Å². The van der Waals surface area contributed by atoms with Gasteiger partial charge in [0.2, 0.25) is 0 Å². The topological polar surface area (TPSA) is 26.0 Å². The monoisotopic (exact) mass is 271 g/mol. The summed E-state index contributed by atoms with van der Waals surface area (Å²) in [6.07, 6.45) is 0. The van der Waals surface area contributed by atoms with E-state index >= 15 is 0 Å². The van der Waals surface area contributed by atoms with Crippen LogP contribution in [0.25, 0.3) is 11.1 Å². The molecule has 0 aromatic heterocycles. The van der Waals surface area contributed by atoms with E-state index in [1.807, 2.05) is 30.3 Å². The summed E-state index contributed by atoms with van der Waals surface area (Å²) in [4.78, 5) is 0. The quantitative estimate of drug-likeness (QED) is 0.732. The highest BCUT2D eigenvalue weighted by Gasteiger charge is 1.99. The SMILES string of the molecule is I.Nc1cc2cccccc-2c1. The Bertz CT molecular complexity index is 315. The summed E-state index contributed by atoms with van der Waals surface area (Å²) < 4.78 is 0. The molecule has 0 radical (unpaired) electrons. The molecular weight excluding hydrogens is 261 g/mol. The molecule has 0 heterocycles. The lowest BCUT2D eigenvalue weighted by Gasteiger charge is -1.85. The van der Waals surface area contributed by atoms with Gasteiger partial charge in [0.05, 0.1) is 0 Å². The molecule has 2 aliphatic rings. The zero-order valence-corrected chi connectivity index (χ0v) is 8.86. The fourth-order valence-corrected chi connectivity index (χ4v) is 1.24. The maximum Gasteiger partial charge on any atom is 0.0326 e. The lowest BCUT2D eigenvalue weighted by Crippen LogP contribution is -1.74. The summed E-state index contributed by atoms with van der Waals surface area (Å²) in [5.74, 6) is 0. The second-order valence-corrected chi connectivity index (χ2v) is 2.61. The molecule has 2 aliphatic carbocycles. The Kier molecular flexibility index (Phi) is 2.92. The first-order valence-electron chi connectivity index (χ1n) is 3.60. The molecular formula is C10H10IN. The number of hydrogen-bond acceptors (Lipinski definition) is 1. The standard InChI is InChI=1S/C10H9N.HI/c11-10-6-8-4-2-1-3-5-9(8)7-10;/h1-7H,11H2;1H. The first-order valence-corrected chi connectivity index (χ1v) is 3.60.